The Bertz CT molecular complexity index is 883. The van der Waals surface area contributed by atoms with Crippen LogP contribution in [0.4, 0.5) is 10.5 Å². The van der Waals surface area contributed by atoms with Crippen LogP contribution in [0.1, 0.15) is 45.6 Å². The molecule has 2 aromatic rings. The molecule has 1 aromatic heterocycles. The molecule has 0 radical (unpaired) electrons. The molecular weight excluding hydrogens is 352 g/mol. The standard InChI is InChI=1S/C22H28N4O2/c1-14-12-16(28-20-23-10-5-11-24-20)6-7-17(14)25-19(27)26-18-13-15-8-9-22(18,4)21(15,2)3/h5-7,10-12,15,18H,8-9,13H2,1-4H3,(H2,25,26,27)/t15-,18+,22-/m1/s1. The summed E-state index contributed by atoms with van der Waals surface area (Å²) in [5.74, 6) is 1.33. The highest BCUT2D eigenvalue weighted by molar-refractivity contribution is 5.90. The average Bonchev–Trinajstić information content (AvgIpc) is 2.98. The Kier molecular flexibility index (Phi) is 4.52. The predicted octanol–water partition coefficient (Wildman–Crippen LogP) is 4.91. The zero-order valence-electron chi connectivity index (χ0n) is 17.0. The van der Waals surface area contributed by atoms with Gasteiger partial charge in [-0.05, 0) is 72.8 Å². The van der Waals surface area contributed by atoms with Crippen molar-refractivity contribution in [1.82, 2.24) is 15.3 Å². The molecule has 2 N–H and O–H groups in total. The number of aromatic nitrogens is 2. The van der Waals surface area contributed by atoms with E-state index in [9.17, 15) is 4.79 Å². The van der Waals surface area contributed by atoms with Crippen molar-refractivity contribution in [2.45, 2.75) is 53.0 Å². The van der Waals surface area contributed by atoms with Gasteiger partial charge in [-0.25, -0.2) is 14.8 Å². The number of amides is 2. The van der Waals surface area contributed by atoms with Gasteiger partial charge in [-0.1, -0.05) is 20.8 Å². The van der Waals surface area contributed by atoms with Crippen LogP contribution >= 0.6 is 0 Å². The molecule has 0 unspecified atom stereocenters. The van der Waals surface area contributed by atoms with E-state index < -0.39 is 0 Å². The van der Waals surface area contributed by atoms with Crippen molar-refractivity contribution in [3.05, 3.63) is 42.2 Å². The number of nitrogens with one attached hydrogen (secondary N) is 2. The smallest absolute Gasteiger partial charge is 0.321 e. The summed E-state index contributed by atoms with van der Waals surface area (Å²) in [4.78, 5) is 20.8. The molecule has 6 nitrogen and oxygen atoms in total. The van der Waals surface area contributed by atoms with Crippen LogP contribution in [0.2, 0.25) is 0 Å². The van der Waals surface area contributed by atoms with Gasteiger partial charge >= 0.3 is 12.0 Å². The number of fused-ring (bicyclic) bond motifs is 2. The van der Waals surface area contributed by atoms with E-state index in [2.05, 4.69) is 41.4 Å². The predicted molar refractivity (Wildman–Crippen MR) is 108 cm³/mol. The lowest BCUT2D eigenvalue weighted by Gasteiger charge is -2.39. The van der Waals surface area contributed by atoms with Crippen LogP contribution in [0, 0.1) is 23.7 Å². The van der Waals surface area contributed by atoms with E-state index in [-0.39, 0.29) is 22.9 Å². The molecule has 2 bridgehead atoms. The van der Waals surface area contributed by atoms with Crippen molar-refractivity contribution < 1.29 is 9.53 Å². The lowest BCUT2D eigenvalue weighted by atomic mass is 9.69. The number of hydrogen-bond acceptors (Lipinski definition) is 4. The summed E-state index contributed by atoms with van der Waals surface area (Å²) in [6.45, 7) is 8.97. The largest absolute Gasteiger partial charge is 0.424 e. The van der Waals surface area contributed by atoms with Gasteiger partial charge in [0.15, 0.2) is 0 Å². The number of carbonyl (C=O) groups is 1. The fraction of sp³-hybridized carbons (Fsp3) is 0.500. The number of rotatable bonds is 4. The Balaban J connectivity index is 1.40. The molecule has 0 aliphatic heterocycles. The maximum atomic E-state index is 12.7. The molecule has 2 saturated carbocycles. The third-order valence-corrected chi connectivity index (χ3v) is 7.30. The van der Waals surface area contributed by atoms with Crippen molar-refractivity contribution in [3.63, 3.8) is 0 Å². The maximum absolute atomic E-state index is 12.7. The molecule has 2 aliphatic rings. The summed E-state index contributed by atoms with van der Waals surface area (Å²) in [6.07, 6.45) is 6.79. The third-order valence-electron chi connectivity index (χ3n) is 7.30. The molecule has 2 amide bonds. The summed E-state index contributed by atoms with van der Waals surface area (Å²) in [6, 6.07) is 7.64. The average molecular weight is 380 g/mol. The number of ether oxygens (including phenoxy) is 1. The van der Waals surface area contributed by atoms with Gasteiger partial charge in [-0.3, -0.25) is 0 Å². The zero-order chi connectivity index (χ0) is 19.9. The van der Waals surface area contributed by atoms with Gasteiger partial charge < -0.3 is 15.4 Å². The molecule has 1 aromatic carbocycles. The first-order chi connectivity index (χ1) is 13.3. The van der Waals surface area contributed by atoms with Crippen molar-refractivity contribution in [3.8, 4) is 11.8 Å². The van der Waals surface area contributed by atoms with Gasteiger partial charge in [0, 0.05) is 24.1 Å². The summed E-state index contributed by atoms with van der Waals surface area (Å²) in [5, 5.41) is 6.23. The first kappa shape index (κ1) is 18.7. The van der Waals surface area contributed by atoms with Gasteiger partial charge in [0.25, 0.3) is 0 Å². The number of aryl methyl sites for hydroxylation is 1. The van der Waals surface area contributed by atoms with Gasteiger partial charge in [0.05, 0.1) is 0 Å². The molecule has 1 heterocycles. The third kappa shape index (κ3) is 3.11. The van der Waals surface area contributed by atoms with E-state index in [4.69, 9.17) is 4.74 Å². The van der Waals surface area contributed by atoms with Gasteiger partial charge in [0.2, 0.25) is 0 Å². The topological polar surface area (TPSA) is 76.1 Å². The second kappa shape index (κ2) is 6.76. The highest BCUT2D eigenvalue weighted by atomic mass is 16.5. The molecule has 148 valence electrons. The number of nitrogens with zero attached hydrogens (tertiary/aromatic N) is 2. The number of hydrogen-bond donors (Lipinski definition) is 2. The minimum absolute atomic E-state index is 0.141. The Morgan fingerprint density at radius 2 is 1.96 bits per heavy atom. The second-order valence-corrected chi connectivity index (χ2v) is 8.87. The van der Waals surface area contributed by atoms with Crippen LogP contribution < -0.4 is 15.4 Å². The van der Waals surface area contributed by atoms with E-state index in [1.165, 1.54) is 12.8 Å². The van der Waals surface area contributed by atoms with Crippen LogP contribution in [-0.4, -0.2) is 22.0 Å². The lowest BCUT2D eigenvalue weighted by Crippen LogP contribution is -2.48. The molecular formula is C22H28N4O2. The summed E-state index contributed by atoms with van der Waals surface area (Å²) in [5.41, 5.74) is 2.13. The van der Waals surface area contributed by atoms with Gasteiger partial charge in [0.1, 0.15) is 5.75 Å². The Hall–Kier alpha value is -2.63. The Labute approximate surface area is 166 Å². The number of benzene rings is 1. The maximum Gasteiger partial charge on any atom is 0.321 e. The van der Waals surface area contributed by atoms with E-state index in [0.29, 0.717) is 17.7 Å². The van der Waals surface area contributed by atoms with Crippen molar-refractivity contribution in [2.24, 2.45) is 16.7 Å². The van der Waals surface area contributed by atoms with E-state index in [1.807, 2.05) is 19.1 Å². The lowest BCUT2D eigenvalue weighted by molar-refractivity contribution is 0.125. The molecule has 6 heteroatoms. The van der Waals surface area contributed by atoms with Crippen LogP contribution in [0.15, 0.2) is 36.7 Å². The second-order valence-electron chi connectivity index (χ2n) is 8.87. The fourth-order valence-electron chi connectivity index (χ4n) is 5.02. The van der Waals surface area contributed by atoms with Crippen LogP contribution in [-0.2, 0) is 0 Å². The minimum Gasteiger partial charge on any atom is -0.424 e. The molecule has 3 atom stereocenters. The van der Waals surface area contributed by atoms with Crippen LogP contribution in [0.5, 0.6) is 11.8 Å². The highest BCUT2D eigenvalue weighted by Crippen LogP contribution is 2.65. The zero-order valence-corrected chi connectivity index (χ0v) is 17.0. The Morgan fingerprint density at radius 3 is 2.57 bits per heavy atom. The minimum atomic E-state index is -0.141. The van der Waals surface area contributed by atoms with E-state index in [1.54, 1.807) is 24.5 Å². The first-order valence-corrected chi connectivity index (χ1v) is 9.93. The molecule has 2 fully saturated rings. The SMILES string of the molecule is Cc1cc(Oc2ncccn2)ccc1NC(=O)N[C@H]1C[C@H]2CC[C@@]1(C)C2(C)C. The van der Waals surface area contributed by atoms with Crippen molar-refractivity contribution in [1.29, 1.82) is 0 Å². The van der Waals surface area contributed by atoms with Gasteiger partial charge in [-0.2, -0.15) is 0 Å². The van der Waals surface area contributed by atoms with Crippen molar-refractivity contribution in [2.75, 3.05) is 5.32 Å². The van der Waals surface area contributed by atoms with Gasteiger partial charge in [-0.15, -0.1) is 0 Å². The monoisotopic (exact) mass is 380 g/mol. The molecule has 2 aliphatic carbocycles. The summed E-state index contributed by atoms with van der Waals surface area (Å²) in [7, 11) is 0. The first-order valence-electron chi connectivity index (χ1n) is 9.93. The normalized spacial score (nSPS) is 27.4. The van der Waals surface area contributed by atoms with Crippen molar-refractivity contribution >= 4 is 11.7 Å². The summed E-state index contributed by atoms with van der Waals surface area (Å²) >= 11 is 0. The van der Waals surface area contributed by atoms with E-state index >= 15 is 0 Å². The molecule has 28 heavy (non-hydrogen) atoms. The quantitative estimate of drug-likeness (QED) is 0.790. The summed E-state index contributed by atoms with van der Waals surface area (Å²) < 4.78 is 5.65. The number of carbonyl (C=O) groups excluding carboxylic acids is 1. The number of urea groups is 1. The van der Waals surface area contributed by atoms with Crippen LogP contribution in [0.3, 0.4) is 0 Å². The molecule has 0 saturated heterocycles. The Morgan fingerprint density at radius 1 is 1.21 bits per heavy atom. The number of anilines is 1. The molecule has 4 rings (SSSR count). The van der Waals surface area contributed by atoms with E-state index in [0.717, 1.165) is 17.7 Å². The highest BCUT2D eigenvalue weighted by Gasteiger charge is 2.61. The van der Waals surface area contributed by atoms with Crippen LogP contribution in [0.25, 0.3) is 0 Å². The molecule has 0 spiro atoms. The fourth-order valence-corrected chi connectivity index (χ4v) is 5.02.